The van der Waals surface area contributed by atoms with Crippen molar-refractivity contribution in [2.75, 3.05) is 0 Å². The van der Waals surface area contributed by atoms with Crippen molar-refractivity contribution < 1.29 is 9.53 Å². The first-order valence-corrected chi connectivity index (χ1v) is 8.87. The molecule has 0 fully saturated rings. The first-order valence-electron chi connectivity index (χ1n) is 8.11. The molecule has 0 saturated carbocycles. The Morgan fingerprint density at radius 1 is 1.44 bits per heavy atom. The smallest absolute Gasteiger partial charge is 0.329 e. The monoisotopic (exact) mass is 409 g/mol. The summed E-state index contributed by atoms with van der Waals surface area (Å²) in [6.45, 7) is 11.0. The van der Waals surface area contributed by atoms with Crippen molar-refractivity contribution >= 4 is 41.2 Å². The van der Waals surface area contributed by atoms with E-state index in [1.165, 1.54) is 11.1 Å². The zero-order valence-corrected chi connectivity index (χ0v) is 17.0. The molecule has 2 N–H and O–H groups in total. The number of esters is 1. The summed E-state index contributed by atoms with van der Waals surface area (Å²) in [6.07, 6.45) is 4.14. The highest BCUT2D eigenvalue weighted by molar-refractivity contribution is 6.33. The lowest BCUT2D eigenvalue weighted by molar-refractivity contribution is -0.158. The molecule has 0 radical (unpaired) electrons. The number of ether oxygens (including phenoxy) is 1. The molecule has 0 aliphatic rings. The van der Waals surface area contributed by atoms with Crippen LogP contribution in [-0.4, -0.2) is 43.8 Å². The minimum absolute atomic E-state index is 0.0793. The fourth-order valence-corrected chi connectivity index (χ4v) is 2.64. The zero-order chi connectivity index (χ0) is 20.4. The largest absolute Gasteiger partial charge is 0.458 e. The lowest BCUT2D eigenvalue weighted by atomic mass is 10.1. The van der Waals surface area contributed by atoms with E-state index in [-0.39, 0.29) is 5.28 Å². The SMILES string of the molecule is C=C(c1cc(-c2nc(Cl)ncc2Cl)c[nH]1)N(C=N)C(C)C(=O)OC(C)(C)C. The Labute approximate surface area is 167 Å². The number of carbonyl (C=O) groups excluding carboxylic acids is 1. The van der Waals surface area contributed by atoms with Crippen LogP contribution in [0.15, 0.2) is 25.0 Å². The summed E-state index contributed by atoms with van der Waals surface area (Å²) in [7, 11) is 0. The Morgan fingerprint density at radius 2 is 2.11 bits per heavy atom. The van der Waals surface area contributed by atoms with Crippen molar-refractivity contribution in [1.82, 2.24) is 19.9 Å². The summed E-state index contributed by atoms with van der Waals surface area (Å²) in [6, 6.07) is 1.03. The van der Waals surface area contributed by atoms with Crippen molar-refractivity contribution in [3.05, 3.63) is 41.0 Å². The summed E-state index contributed by atoms with van der Waals surface area (Å²) in [5.74, 6) is -0.454. The van der Waals surface area contributed by atoms with Gasteiger partial charge in [-0.2, -0.15) is 0 Å². The summed E-state index contributed by atoms with van der Waals surface area (Å²) in [5, 5.41) is 8.11. The molecule has 0 aromatic carbocycles. The third-order valence-corrected chi connectivity index (χ3v) is 4.06. The van der Waals surface area contributed by atoms with Crippen molar-refractivity contribution in [1.29, 1.82) is 5.41 Å². The van der Waals surface area contributed by atoms with Gasteiger partial charge in [-0.1, -0.05) is 18.2 Å². The number of nitrogens with one attached hydrogen (secondary N) is 2. The van der Waals surface area contributed by atoms with Gasteiger partial charge in [-0.05, 0) is 45.4 Å². The van der Waals surface area contributed by atoms with Crippen LogP contribution in [0.25, 0.3) is 17.0 Å². The number of halogens is 2. The molecule has 27 heavy (non-hydrogen) atoms. The molecule has 2 aromatic heterocycles. The van der Waals surface area contributed by atoms with E-state index in [0.717, 1.165) is 6.34 Å². The number of nitrogens with zero attached hydrogens (tertiary/aromatic N) is 3. The number of H-pyrrole nitrogens is 1. The van der Waals surface area contributed by atoms with Crippen LogP contribution in [0, 0.1) is 5.41 Å². The lowest BCUT2D eigenvalue weighted by Crippen LogP contribution is -2.40. The van der Waals surface area contributed by atoms with E-state index in [1.807, 2.05) is 0 Å². The summed E-state index contributed by atoms with van der Waals surface area (Å²) in [5.41, 5.74) is 1.53. The van der Waals surface area contributed by atoms with Gasteiger partial charge in [0, 0.05) is 11.8 Å². The number of hydrogen-bond acceptors (Lipinski definition) is 5. The molecule has 0 aliphatic heterocycles. The van der Waals surface area contributed by atoms with Crippen LogP contribution < -0.4 is 0 Å². The van der Waals surface area contributed by atoms with E-state index in [2.05, 4.69) is 21.5 Å². The van der Waals surface area contributed by atoms with E-state index in [9.17, 15) is 4.79 Å². The number of hydrogen-bond donors (Lipinski definition) is 2. The van der Waals surface area contributed by atoms with Gasteiger partial charge in [-0.25, -0.2) is 14.8 Å². The molecule has 1 atom stereocenters. The van der Waals surface area contributed by atoms with Crippen molar-refractivity contribution in [2.45, 2.75) is 39.3 Å². The van der Waals surface area contributed by atoms with Crippen LogP contribution in [0.5, 0.6) is 0 Å². The second-order valence-electron chi connectivity index (χ2n) is 6.83. The normalized spacial score (nSPS) is 12.4. The topological polar surface area (TPSA) is 95.0 Å². The summed E-state index contributed by atoms with van der Waals surface area (Å²) >= 11 is 12.0. The van der Waals surface area contributed by atoms with Crippen LogP contribution in [0.4, 0.5) is 0 Å². The molecule has 9 heteroatoms. The van der Waals surface area contributed by atoms with E-state index in [1.54, 1.807) is 40.0 Å². The van der Waals surface area contributed by atoms with Crippen molar-refractivity contribution in [3.63, 3.8) is 0 Å². The van der Waals surface area contributed by atoms with E-state index in [0.29, 0.717) is 27.7 Å². The maximum absolute atomic E-state index is 12.3. The molecule has 144 valence electrons. The highest BCUT2D eigenvalue weighted by Crippen LogP contribution is 2.29. The van der Waals surface area contributed by atoms with Crippen LogP contribution >= 0.6 is 23.2 Å². The average molecular weight is 410 g/mol. The van der Waals surface area contributed by atoms with Crippen molar-refractivity contribution in [3.8, 4) is 11.3 Å². The lowest BCUT2D eigenvalue weighted by Gasteiger charge is -2.29. The molecule has 2 aromatic rings. The summed E-state index contributed by atoms with van der Waals surface area (Å²) < 4.78 is 5.39. The fourth-order valence-electron chi connectivity index (χ4n) is 2.31. The molecule has 1 unspecified atom stereocenters. The zero-order valence-electron chi connectivity index (χ0n) is 15.5. The number of aromatic nitrogens is 3. The maximum atomic E-state index is 12.3. The molecular formula is C18H21Cl2N5O2. The Hall–Kier alpha value is -2.38. The standard InChI is InChI=1S/C18H21Cl2N5O2/c1-10(25(9-21)11(2)16(26)27-18(3,4)5)14-6-12(7-22-14)15-13(19)8-23-17(20)24-15/h6-9,11,21-22H,1H2,2-5H3. The van der Waals surface area contributed by atoms with Gasteiger partial charge in [0.15, 0.2) is 0 Å². The molecule has 0 spiro atoms. The molecule has 2 heterocycles. The minimum Gasteiger partial charge on any atom is -0.458 e. The Bertz CT molecular complexity index is 873. The maximum Gasteiger partial charge on any atom is 0.329 e. The first-order chi connectivity index (χ1) is 12.5. The highest BCUT2D eigenvalue weighted by atomic mass is 35.5. The predicted octanol–water partition coefficient (Wildman–Crippen LogP) is 4.39. The number of rotatable bonds is 6. The van der Waals surface area contributed by atoms with E-state index < -0.39 is 17.6 Å². The van der Waals surface area contributed by atoms with Gasteiger partial charge >= 0.3 is 5.97 Å². The van der Waals surface area contributed by atoms with Gasteiger partial charge in [0.1, 0.15) is 11.6 Å². The van der Waals surface area contributed by atoms with E-state index in [4.69, 9.17) is 33.3 Å². The van der Waals surface area contributed by atoms with Gasteiger partial charge in [0.2, 0.25) is 5.28 Å². The molecular weight excluding hydrogens is 389 g/mol. The molecule has 2 rings (SSSR count). The fraction of sp³-hybridized carbons (Fsp3) is 0.333. The number of aromatic amines is 1. The first kappa shape index (κ1) is 20.9. The average Bonchev–Trinajstić information content (AvgIpc) is 3.05. The van der Waals surface area contributed by atoms with Crippen LogP contribution in [-0.2, 0) is 9.53 Å². The van der Waals surface area contributed by atoms with Gasteiger partial charge in [-0.3, -0.25) is 5.41 Å². The Morgan fingerprint density at radius 3 is 2.70 bits per heavy atom. The predicted molar refractivity (Wildman–Crippen MR) is 107 cm³/mol. The Balaban J connectivity index is 2.26. The van der Waals surface area contributed by atoms with Crippen LogP contribution in [0.2, 0.25) is 10.3 Å². The molecule has 0 amide bonds. The van der Waals surface area contributed by atoms with E-state index >= 15 is 0 Å². The Kier molecular flexibility index (Phi) is 6.28. The third-order valence-electron chi connectivity index (χ3n) is 3.60. The van der Waals surface area contributed by atoms with Gasteiger partial charge in [0.25, 0.3) is 0 Å². The molecule has 0 saturated heterocycles. The summed E-state index contributed by atoms with van der Waals surface area (Å²) in [4.78, 5) is 24.7. The van der Waals surface area contributed by atoms with Crippen molar-refractivity contribution in [2.24, 2.45) is 0 Å². The minimum atomic E-state index is -0.724. The van der Waals surface area contributed by atoms with Gasteiger partial charge < -0.3 is 14.6 Å². The van der Waals surface area contributed by atoms with Gasteiger partial charge in [-0.15, -0.1) is 0 Å². The highest BCUT2D eigenvalue weighted by Gasteiger charge is 2.27. The quantitative estimate of drug-likeness (QED) is 0.319. The van der Waals surface area contributed by atoms with Crippen LogP contribution in [0.3, 0.4) is 0 Å². The third kappa shape index (κ3) is 5.08. The second-order valence-corrected chi connectivity index (χ2v) is 7.58. The second kappa shape index (κ2) is 8.10. The van der Waals surface area contributed by atoms with Gasteiger partial charge in [0.05, 0.1) is 34.6 Å². The number of carbonyl (C=O) groups is 1. The molecule has 0 aliphatic carbocycles. The molecule has 0 bridgehead atoms. The molecule has 7 nitrogen and oxygen atoms in total. The van der Waals surface area contributed by atoms with Crippen LogP contribution in [0.1, 0.15) is 33.4 Å².